The van der Waals surface area contributed by atoms with E-state index in [9.17, 15) is 68.7 Å². The van der Waals surface area contributed by atoms with Gasteiger partial charge in [-0.05, 0) is 288 Å². The summed E-state index contributed by atoms with van der Waals surface area (Å²) in [6.07, 6.45) is -5.62. The molecule has 7 radical (unpaired) electrons. The van der Waals surface area contributed by atoms with Crippen molar-refractivity contribution in [1.82, 2.24) is 39.9 Å². The number of amidine groups is 4. The number of nitrogen functional groups attached to an aromatic ring is 4. The number of carbonyl (C=O) groups is 8. The predicted molar refractivity (Wildman–Crippen MR) is 515 cm³/mol. The average molecular weight is 2520 g/mol. The number of amides is 7. The monoisotopic (exact) mass is 2520 g/mol. The Balaban J connectivity index is -0.000000178. The van der Waals surface area contributed by atoms with Crippen molar-refractivity contribution in [2.75, 3.05) is 50.0 Å². The third kappa shape index (κ3) is 69.5. The molecule has 0 aliphatic heterocycles. The number of nitrogens with one attached hydrogen (secondary N) is 7. The molecule has 21 N–H and O–H groups in total. The molecule has 8 heterocycles. The van der Waals surface area contributed by atoms with Gasteiger partial charge in [0.15, 0.2) is 11.7 Å². The maximum absolute atomic E-state index is 13.7. The molecule has 0 aliphatic rings. The van der Waals surface area contributed by atoms with E-state index in [-0.39, 0.29) is 229 Å². The Morgan fingerprint density at radius 1 is 0.382 bits per heavy atom. The Morgan fingerprint density at radius 3 is 0.854 bits per heavy atom. The van der Waals surface area contributed by atoms with E-state index in [0.717, 1.165) is 6.92 Å². The number of imide groups is 1. The number of carbonyl (C=O) groups excluding carboxylic acids is 7. The number of carboxylic acid groups (broad SMARTS) is 1. The zero-order valence-corrected chi connectivity index (χ0v) is 94.7. The summed E-state index contributed by atoms with van der Waals surface area (Å²) in [4.78, 5) is 123. The molecule has 8 rings (SSSR count). The number of aliphatic imine (C=N–C) groups is 1. The van der Waals surface area contributed by atoms with Crippen molar-refractivity contribution in [2.24, 2.45) is 33.1 Å². The molecule has 0 fully saturated rings. The van der Waals surface area contributed by atoms with E-state index >= 15 is 0 Å². The van der Waals surface area contributed by atoms with Crippen LogP contribution in [0.4, 0.5) is 115 Å². The van der Waals surface area contributed by atoms with Crippen LogP contribution in [0.3, 0.4) is 0 Å². The summed E-state index contributed by atoms with van der Waals surface area (Å²) < 4.78 is 141. The molecule has 0 saturated carbocycles. The van der Waals surface area contributed by atoms with Gasteiger partial charge in [0.05, 0.1) is 29.4 Å². The zero-order valence-electron chi connectivity index (χ0n) is 80.6. The molecule has 0 saturated heterocycles. The molecule has 787 valence electrons. The van der Waals surface area contributed by atoms with Gasteiger partial charge in [0.2, 0.25) is 47.6 Å². The van der Waals surface area contributed by atoms with Gasteiger partial charge in [-0.25, -0.2) is 73.4 Å². The maximum atomic E-state index is 13.7. The van der Waals surface area contributed by atoms with E-state index in [1.54, 1.807) is 186 Å². The van der Waals surface area contributed by atoms with Crippen molar-refractivity contribution in [3.05, 3.63) is 186 Å². The van der Waals surface area contributed by atoms with E-state index in [1.165, 1.54) is 98.0 Å². The molecule has 144 heavy (non-hydrogen) atoms. The van der Waals surface area contributed by atoms with E-state index in [4.69, 9.17) is 98.7 Å². The number of ether oxygens (including phenoxy) is 7. The smallest absolute Gasteiger partial charge is 0.425 e. The van der Waals surface area contributed by atoms with E-state index in [2.05, 4.69) is 76.6 Å². The van der Waals surface area contributed by atoms with Crippen LogP contribution in [0.15, 0.2) is 113 Å². The number of nitrogens with zero attached hydrogens (tertiary/aromatic N) is 12. The fourth-order valence-corrected chi connectivity index (χ4v) is 8.47. The van der Waals surface area contributed by atoms with E-state index < -0.39 is 153 Å². The zero-order chi connectivity index (χ0) is 105. The first kappa shape index (κ1) is 154. The van der Waals surface area contributed by atoms with Crippen LogP contribution in [0.1, 0.15) is 195 Å². The van der Waals surface area contributed by atoms with Gasteiger partial charge in [-0.3, -0.25) is 47.2 Å². The maximum Gasteiger partial charge on any atom is 0.425 e. The molecule has 0 aliphatic carbocycles. The topological polar surface area (TPSA) is 660 Å². The Labute approximate surface area is 939 Å². The molecule has 0 aromatic carbocycles. The summed E-state index contributed by atoms with van der Waals surface area (Å²) in [5.74, 6) is -8.23. The van der Waals surface area contributed by atoms with Crippen LogP contribution in [0.25, 0.3) is 0 Å². The van der Waals surface area contributed by atoms with Crippen LogP contribution < -0.4 is 65.9 Å². The van der Waals surface area contributed by atoms with Gasteiger partial charge in [-0.15, -0.1) is 0 Å². The molecule has 0 unspecified atom stereocenters. The third-order valence-electron chi connectivity index (χ3n) is 12.7. The van der Waals surface area contributed by atoms with Crippen molar-refractivity contribution in [3.63, 3.8) is 0 Å². The largest absolute Gasteiger partial charge is 0.481 e. The minimum absolute atomic E-state index is 0. The van der Waals surface area contributed by atoms with Crippen LogP contribution >= 0.6 is 45.2 Å². The molecule has 42 nitrogen and oxygen atoms in total. The number of nitrogens with two attached hydrogens (primary N) is 6. The molecule has 0 bridgehead atoms. The summed E-state index contributed by atoms with van der Waals surface area (Å²) >= 11 is 3.60. The van der Waals surface area contributed by atoms with Crippen molar-refractivity contribution in [1.29, 1.82) is 16.1 Å². The van der Waals surface area contributed by atoms with Gasteiger partial charge in [0.1, 0.15) is 109 Å². The van der Waals surface area contributed by atoms with Crippen LogP contribution in [0, 0.1) is 76.9 Å². The molecule has 8 aromatic rings. The van der Waals surface area contributed by atoms with Gasteiger partial charge in [-0.2, -0.15) is 45.3 Å². The van der Waals surface area contributed by atoms with Crippen LogP contribution in [0.2, 0.25) is 0 Å². The number of hydrogen-bond donors (Lipinski definition) is 15. The average Bonchev–Trinajstić information content (AvgIpc) is 0.922. The normalized spacial score (nSPS) is 10.3. The number of halogens is 10. The summed E-state index contributed by atoms with van der Waals surface area (Å²) in [6, 6.07) is 24.9. The summed E-state index contributed by atoms with van der Waals surface area (Å²) in [7, 11) is 1.45. The molecular formula is C85H115F8I2N25O17V7. The second-order valence-electron chi connectivity index (χ2n) is 33.0. The number of pyridine rings is 8. The van der Waals surface area contributed by atoms with Crippen molar-refractivity contribution in [3.8, 4) is 6.07 Å². The van der Waals surface area contributed by atoms with Crippen LogP contribution in [-0.4, -0.2) is 168 Å². The summed E-state index contributed by atoms with van der Waals surface area (Å²) in [5.41, 5.74) is 25.9. The number of aliphatic carboxylic acids is 1. The number of nitriles is 1. The standard InChI is InChI=1S/C15H20FIN2O4.C12H17FN4O2.C11H15FN4O3.2C11H15FN4O2.C11H12FN3O2.C5H4FIN2.C5H5FN2.C2H4O2.2CH4.7V/c1-14(2,3)22-12(20)19(13(21)23-15(4,5)6)10-8-7-9(17)11(16)18-10;1-12(2,3)19-11(18)17-8-6-5-7(9(13)16-8)10(14)15-4;1-11(2,3)19-10(17)15-7-5-4-6(8(12)14-7)9(13)16-18;2*1-11(2,3)18-10(17)16-7-5-4-6(9(13)14)8(12)15-7;1-11(2,3)17-10(16)15-8-5-4-7(6-13)9(12)14-8;6-5-3(7)1-2-4(8)9-5;6-4-2-1-3-5(7)8-4;1-2(3)4;;;;;;;;;/h7-8H,1-6H3;5-6H,1-4H3,(H2,14,15)(H,16,17,18);4-5,18H,1-3H3,(H2,13,16)(H,14,15,17);2*4-5H,1-3H3,(H3,13,14)(H,15,16,17);4-5H,1-3H3,(H,14,15,16);1-2H,(H2,8,9);1-3H,(H2,7,8);1H3,(H,3,4);2*1H4;;;;;;;. The van der Waals surface area contributed by atoms with E-state index in [1.807, 2.05) is 22.6 Å². The number of aromatic nitrogens is 8. The number of hydrogen-bond acceptors (Lipinski definition) is 31. The van der Waals surface area contributed by atoms with Gasteiger partial charge < -0.3 is 77.9 Å². The Morgan fingerprint density at radius 2 is 0.639 bits per heavy atom. The molecular weight excluding hydrogens is 2410 g/mol. The van der Waals surface area contributed by atoms with Gasteiger partial charge in [-0.1, -0.05) is 26.1 Å². The first-order chi connectivity index (χ1) is 61.7. The third-order valence-corrected chi connectivity index (χ3v) is 14.3. The summed E-state index contributed by atoms with van der Waals surface area (Å²) in [6.45, 7) is 36.6. The predicted octanol–water partition coefficient (Wildman–Crippen LogP) is 17.8. The molecule has 0 spiro atoms. The SMILES string of the molecule is C.C.CC(=O)O.CC(C)(C)OC(=O)N(C(=O)OC(C)(C)C)c1ccc(I)c(F)n1.CC(C)(C)OC(=O)Nc1ccc(C#N)c(F)n1.CC(C)(C)OC(=O)Nc1ccc(C(=N)N)c(F)n1.CC(C)(C)OC(=O)Nc1ccc(C(=N)N)c(F)n1.CC(C)(C)OC(=O)Nc1ccc(C(N)=NO)c(F)n1.CN=C(N)c1ccc(NC(=O)OC(C)(C)C)nc1F.Nc1ccc(I)c(F)n1.Nc1cccc(F)n1.[V].[V].[V].[V].[V].[V].[V]. The number of carboxylic acids is 1. The number of oxime groups is 1. The fourth-order valence-electron chi connectivity index (χ4n) is 7.87. The number of rotatable bonds is 10. The van der Waals surface area contributed by atoms with Crippen molar-refractivity contribution < 1.29 is 247 Å². The number of anilines is 8. The second kappa shape index (κ2) is 71.1. The Hall–Kier alpha value is -10.5. The first-order valence-corrected chi connectivity index (χ1v) is 40.7. The first-order valence-electron chi connectivity index (χ1n) is 38.5. The van der Waals surface area contributed by atoms with Crippen LogP contribution in [0.5, 0.6) is 0 Å². The van der Waals surface area contributed by atoms with Crippen molar-refractivity contribution in [2.45, 2.75) is 206 Å². The van der Waals surface area contributed by atoms with Gasteiger partial charge in [0, 0.05) is 144 Å². The molecule has 8 aromatic heterocycles. The van der Waals surface area contributed by atoms with Crippen molar-refractivity contribution >= 4 is 164 Å². The minimum Gasteiger partial charge on any atom is -0.481 e. The fraction of sp³-hybridized carbons (Fsp3) is 0.376. The second-order valence-corrected chi connectivity index (χ2v) is 35.3. The summed E-state index contributed by atoms with van der Waals surface area (Å²) in [5, 5.41) is 52.6. The molecule has 0 atom stereocenters. The Kier molecular flexibility index (Phi) is 75.9. The quantitative estimate of drug-likeness (QED) is 0.00884. The van der Waals surface area contributed by atoms with Gasteiger partial charge in [0.25, 0.3) is 5.97 Å². The van der Waals surface area contributed by atoms with E-state index in [0.29, 0.717) is 8.47 Å². The Bertz CT molecular complexity index is 5360. The molecule has 59 heteroatoms. The minimum atomic E-state index is -0.986. The molecule has 7 amide bonds. The van der Waals surface area contributed by atoms with Crippen LogP contribution in [-0.2, 0) is 168 Å². The van der Waals surface area contributed by atoms with Gasteiger partial charge >= 0.3 is 42.7 Å².